The van der Waals surface area contributed by atoms with E-state index in [0.29, 0.717) is 6.54 Å². The quantitative estimate of drug-likeness (QED) is 0.825. The van der Waals surface area contributed by atoms with E-state index >= 15 is 0 Å². The molecule has 2 N–H and O–H groups in total. The zero-order valence-electron chi connectivity index (χ0n) is 12.1. The van der Waals surface area contributed by atoms with Crippen LogP contribution in [0.2, 0.25) is 5.02 Å². The summed E-state index contributed by atoms with van der Waals surface area (Å²) in [6.07, 6.45) is 0.837. The van der Waals surface area contributed by atoms with Gasteiger partial charge in [-0.1, -0.05) is 35.9 Å². The molecule has 0 heterocycles. The summed E-state index contributed by atoms with van der Waals surface area (Å²) in [6, 6.07) is 16.0. The molecule has 21 heavy (non-hydrogen) atoms. The van der Waals surface area contributed by atoms with E-state index in [4.69, 9.17) is 21.4 Å². The number of aliphatic hydroxyl groups is 1. The number of hydrogen-bond donors (Lipinski definition) is 2. The summed E-state index contributed by atoms with van der Waals surface area (Å²) < 4.78 is 5.19. The van der Waals surface area contributed by atoms with Crippen LogP contribution in [0.1, 0.15) is 17.2 Å². The maximum absolute atomic E-state index is 9.05. The second kappa shape index (κ2) is 8.03. The van der Waals surface area contributed by atoms with Gasteiger partial charge in [0.15, 0.2) is 0 Å². The summed E-state index contributed by atoms with van der Waals surface area (Å²) in [5, 5.41) is 13.1. The standard InChI is InChI=1S/C17H20ClNO2/c1-21-16-8-4-14(5-9-16)17(19-10-11-20)12-13-2-6-15(18)7-3-13/h2-9,17,19-20H,10-12H2,1H3. The molecule has 0 aliphatic rings. The van der Waals surface area contributed by atoms with Crippen LogP contribution in [0.5, 0.6) is 5.75 Å². The second-order valence-electron chi connectivity index (χ2n) is 4.83. The molecule has 0 spiro atoms. The van der Waals surface area contributed by atoms with Gasteiger partial charge in [0, 0.05) is 17.6 Å². The lowest BCUT2D eigenvalue weighted by Gasteiger charge is -2.19. The summed E-state index contributed by atoms with van der Waals surface area (Å²) in [4.78, 5) is 0. The zero-order valence-corrected chi connectivity index (χ0v) is 12.8. The molecule has 4 heteroatoms. The predicted molar refractivity (Wildman–Crippen MR) is 86.0 cm³/mol. The minimum atomic E-state index is 0.118. The first kappa shape index (κ1) is 15.8. The van der Waals surface area contributed by atoms with Crippen molar-refractivity contribution >= 4 is 11.6 Å². The Morgan fingerprint density at radius 2 is 1.76 bits per heavy atom. The first-order valence-electron chi connectivity index (χ1n) is 6.95. The van der Waals surface area contributed by atoms with E-state index in [1.165, 1.54) is 11.1 Å². The molecule has 2 aromatic rings. The lowest BCUT2D eigenvalue weighted by molar-refractivity contribution is 0.284. The Hall–Kier alpha value is -1.55. The van der Waals surface area contributed by atoms with Gasteiger partial charge in [-0.25, -0.2) is 0 Å². The summed E-state index contributed by atoms with van der Waals surface area (Å²) >= 11 is 5.92. The first-order valence-corrected chi connectivity index (χ1v) is 7.33. The van der Waals surface area contributed by atoms with E-state index in [1.54, 1.807) is 7.11 Å². The Bertz CT molecular complexity index is 540. The summed E-state index contributed by atoms with van der Waals surface area (Å²) in [6.45, 7) is 0.678. The van der Waals surface area contributed by atoms with E-state index in [0.717, 1.165) is 17.2 Å². The highest BCUT2D eigenvalue weighted by molar-refractivity contribution is 6.30. The molecule has 0 bridgehead atoms. The smallest absolute Gasteiger partial charge is 0.118 e. The Labute approximate surface area is 130 Å². The number of aliphatic hydroxyl groups excluding tert-OH is 1. The topological polar surface area (TPSA) is 41.5 Å². The van der Waals surface area contributed by atoms with Crippen LogP contribution in [-0.4, -0.2) is 25.4 Å². The SMILES string of the molecule is COc1ccc(C(Cc2ccc(Cl)cc2)NCCO)cc1. The molecule has 0 saturated carbocycles. The third kappa shape index (κ3) is 4.74. The van der Waals surface area contributed by atoms with Crippen LogP contribution in [0.15, 0.2) is 48.5 Å². The van der Waals surface area contributed by atoms with Crippen molar-refractivity contribution in [1.82, 2.24) is 5.32 Å². The fourth-order valence-electron chi connectivity index (χ4n) is 2.24. The van der Waals surface area contributed by atoms with Crippen molar-refractivity contribution in [2.45, 2.75) is 12.5 Å². The molecule has 0 aromatic heterocycles. The third-order valence-corrected chi connectivity index (χ3v) is 3.63. The van der Waals surface area contributed by atoms with Crippen LogP contribution in [0.3, 0.4) is 0 Å². The fraction of sp³-hybridized carbons (Fsp3) is 0.294. The molecule has 3 nitrogen and oxygen atoms in total. The molecule has 0 aliphatic carbocycles. The van der Waals surface area contributed by atoms with Crippen LogP contribution >= 0.6 is 11.6 Å². The maximum atomic E-state index is 9.05. The van der Waals surface area contributed by atoms with E-state index in [9.17, 15) is 0 Å². The van der Waals surface area contributed by atoms with Gasteiger partial charge >= 0.3 is 0 Å². The van der Waals surface area contributed by atoms with Crippen molar-refractivity contribution in [3.8, 4) is 5.75 Å². The van der Waals surface area contributed by atoms with Gasteiger partial charge < -0.3 is 15.2 Å². The minimum Gasteiger partial charge on any atom is -0.497 e. The molecule has 2 aromatic carbocycles. The summed E-state index contributed by atoms with van der Waals surface area (Å²) in [5.74, 6) is 0.839. The molecule has 0 radical (unpaired) electrons. The maximum Gasteiger partial charge on any atom is 0.118 e. The van der Waals surface area contributed by atoms with Crippen LogP contribution in [-0.2, 0) is 6.42 Å². The van der Waals surface area contributed by atoms with Gasteiger partial charge in [0.05, 0.1) is 13.7 Å². The number of nitrogens with one attached hydrogen (secondary N) is 1. The van der Waals surface area contributed by atoms with Crippen LogP contribution in [0.4, 0.5) is 0 Å². The molecular weight excluding hydrogens is 286 g/mol. The number of ether oxygens (including phenoxy) is 1. The van der Waals surface area contributed by atoms with E-state index in [2.05, 4.69) is 5.32 Å². The molecule has 1 unspecified atom stereocenters. The lowest BCUT2D eigenvalue weighted by atomic mass is 9.98. The molecular formula is C17H20ClNO2. The van der Waals surface area contributed by atoms with Gasteiger partial charge in [0.25, 0.3) is 0 Å². The van der Waals surface area contributed by atoms with Crippen molar-refractivity contribution in [1.29, 1.82) is 0 Å². The summed E-state index contributed by atoms with van der Waals surface area (Å²) in [7, 11) is 1.66. The molecule has 1 atom stereocenters. The Kier molecular flexibility index (Phi) is 6.05. The lowest BCUT2D eigenvalue weighted by Crippen LogP contribution is -2.26. The Morgan fingerprint density at radius 3 is 2.33 bits per heavy atom. The second-order valence-corrected chi connectivity index (χ2v) is 5.27. The van der Waals surface area contributed by atoms with Crippen molar-refractivity contribution < 1.29 is 9.84 Å². The van der Waals surface area contributed by atoms with E-state index < -0.39 is 0 Å². The van der Waals surface area contributed by atoms with Gasteiger partial charge in [0.1, 0.15) is 5.75 Å². The van der Waals surface area contributed by atoms with Crippen molar-refractivity contribution in [2.75, 3.05) is 20.3 Å². The number of benzene rings is 2. The average molecular weight is 306 g/mol. The van der Waals surface area contributed by atoms with Gasteiger partial charge in [-0.15, -0.1) is 0 Å². The Balaban J connectivity index is 2.14. The largest absolute Gasteiger partial charge is 0.497 e. The average Bonchev–Trinajstić information content (AvgIpc) is 2.53. The Morgan fingerprint density at radius 1 is 1.10 bits per heavy atom. The molecule has 0 amide bonds. The first-order chi connectivity index (χ1) is 10.2. The normalized spacial score (nSPS) is 12.1. The molecule has 0 aliphatic heterocycles. The van der Waals surface area contributed by atoms with Crippen molar-refractivity contribution in [3.05, 3.63) is 64.7 Å². The van der Waals surface area contributed by atoms with Gasteiger partial charge in [-0.05, 0) is 41.8 Å². The van der Waals surface area contributed by atoms with Gasteiger partial charge in [0.2, 0.25) is 0 Å². The van der Waals surface area contributed by atoms with Crippen LogP contribution in [0.25, 0.3) is 0 Å². The number of hydrogen-bond acceptors (Lipinski definition) is 3. The molecule has 2 rings (SSSR count). The monoisotopic (exact) mass is 305 g/mol. The minimum absolute atomic E-state index is 0.118. The van der Waals surface area contributed by atoms with Crippen molar-refractivity contribution in [2.24, 2.45) is 0 Å². The van der Waals surface area contributed by atoms with Crippen LogP contribution in [0, 0.1) is 0 Å². The van der Waals surface area contributed by atoms with Gasteiger partial charge in [-0.3, -0.25) is 0 Å². The van der Waals surface area contributed by atoms with Gasteiger partial charge in [-0.2, -0.15) is 0 Å². The highest BCUT2D eigenvalue weighted by atomic mass is 35.5. The summed E-state index contributed by atoms with van der Waals surface area (Å²) in [5.41, 5.74) is 2.37. The number of halogens is 1. The molecule has 112 valence electrons. The highest BCUT2D eigenvalue weighted by Crippen LogP contribution is 2.22. The molecule has 0 fully saturated rings. The zero-order chi connectivity index (χ0) is 15.1. The third-order valence-electron chi connectivity index (χ3n) is 3.37. The highest BCUT2D eigenvalue weighted by Gasteiger charge is 2.12. The number of rotatable bonds is 7. The number of methoxy groups -OCH3 is 1. The van der Waals surface area contributed by atoms with Crippen molar-refractivity contribution in [3.63, 3.8) is 0 Å². The van der Waals surface area contributed by atoms with Crippen LogP contribution < -0.4 is 10.1 Å². The fourth-order valence-corrected chi connectivity index (χ4v) is 2.37. The van der Waals surface area contributed by atoms with E-state index in [1.807, 2.05) is 48.5 Å². The molecule has 0 saturated heterocycles. The predicted octanol–water partition coefficient (Wildman–Crippen LogP) is 3.21. The van der Waals surface area contributed by atoms with E-state index in [-0.39, 0.29) is 12.6 Å².